The van der Waals surface area contributed by atoms with Gasteiger partial charge in [0.05, 0.1) is 11.7 Å². The number of pyridine rings is 1. The molecule has 2 aromatic heterocycles. The molecule has 0 aliphatic carbocycles. The van der Waals surface area contributed by atoms with E-state index in [-0.39, 0.29) is 17.4 Å². The molecule has 0 saturated carbocycles. The van der Waals surface area contributed by atoms with Crippen molar-refractivity contribution in [3.63, 3.8) is 0 Å². The summed E-state index contributed by atoms with van der Waals surface area (Å²) in [6.45, 7) is 10.9. The van der Waals surface area contributed by atoms with Crippen LogP contribution in [-0.2, 0) is 17.3 Å². The second-order valence-corrected chi connectivity index (χ2v) is 6.95. The fourth-order valence-corrected chi connectivity index (χ4v) is 2.59. The van der Waals surface area contributed by atoms with Crippen LogP contribution in [0.3, 0.4) is 0 Å². The zero-order valence-corrected chi connectivity index (χ0v) is 14.8. The van der Waals surface area contributed by atoms with Gasteiger partial charge >= 0.3 is 5.97 Å². The molecule has 0 atom stereocenters. The maximum absolute atomic E-state index is 13.0. The molecule has 0 fully saturated rings. The summed E-state index contributed by atoms with van der Waals surface area (Å²) in [5, 5.41) is 0. The summed E-state index contributed by atoms with van der Waals surface area (Å²) in [5.41, 5.74) is 0.354. The molecule has 6 heteroatoms. The molecular formula is C17H24N2O4. The van der Waals surface area contributed by atoms with Crippen LogP contribution in [0.25, 0.3) is 5.65 Å². The minimum Gasteiger partial charge on any atom is -0.486 e. The van der Waals surface area contributed by atoms with E-state index in [0.717, 1.165) is 0 Å². The van der Waals surface area contributed by atoms with Gasteiger partial charge in [0.1, 0.15) is 0 Å². The van der Waals surface area contributed by atoms with E-state index in [2.05, 4.69) is 0 Å². The largest absolute Gasteiger partial charge is 0.486 e. The van der Waals surface area contributed by atoms with Crippen molar-refractivity contribution in [2.75, 3.05) is 0 Å². The molecule has 0 N–H and O–H groups in total. The zero-order chi connectivity index (χ0) is 17.5. The third-order valence-electron chi connectivity index (χ3n) is 3.42. The number of imidazole rings is 1. The first kappa shape index (κ1) is 17.1. The lowest BCUT2D eigenvalue weighted by Gasteiger charge is -2.25. The van der Waals surface area contributed by atoms with Crippen LogP contribution in [0.2, 0.25) is 0 Å². The smallest absolute Gasteiger partial charge is 0.308 e. The summed E-state index contributed by atoms with van der Waals surface area (Å²) in [6.07, 6.45) is 3.25. The van der Waals surface area contributed by atoms with Crippen molar-refractivity contribution in [2.45, 2.75) is 53.1 Å². The van der Waals surface area contributed by atoms with Gasteiger partial charge in [-0.1, -0.05) is 20.8 Å². The Morgan fingerprint density at radius 1 is 1.17 bits per heavy atom. The summed E-state index contributed by atoms with van der Waals surface area (Å²) < 4.78 is 14.6. The van der Waals surface area contributed by atoms with E-state index in [1.807, 2.05) is 34.6 Å². The maximum atomic E-state index is 13.0. The van der Waals surface area contributed by atoms with Crippen molar-refractivity contribution in [2.24, 2.45) is 7.05 Å². The van der Waals surface area contributed by atoms with E-state index < -0.39 is 11.4 Å². The first-order valence-electron chi connectivity index (χ1n) is 7.63. The van der Waals surface area contributed by atoms with Gasteiger partial charge in [-0.2, -0.15) is 0 Å². The fourth-order valence-electron chi connectivity index (χ4n) is 2.59. The molecule has 126 valence electrons. The fraction of sp³-hybridized carbons (Fsp3) is 0.529. The Kier molecular flexibility index (Phi) is 4.28. The van der Waals surface area contributed by atoms with Gasteiger partial charge in [0.25, 0.3) is 5.56 Å². The van der Waals surface area contributed by atoms with Gasteiger partial charge in [0.2, 0.25) is 5.75 Å². The summed E-state index contributed by atoms with van der Waals surface area (Å²) in [7, 11) is 1.79. The highest BCUT2D eigenvalue weighted by Gasteiger charge is 2.31. The number of fused-ring (bicyclic) bond motifs is 1. The normalized spacial score (nSPS) is 12.0. The number of hydrogen-bond acceptors (Lipinski definition) is 4. The molecule has 2 aromatic rings. The number of aryl methyl sites for hydroxylation is 1. The molecule has 0 unspecified atom stereocenters. The van der Waals surface area contributed by atoms with Crippen LogP contribution in [0.1, 0.15) is 47.1 Å². The van der Waals surface area contributed by atoms with E-state index >= 15 is 0 Å². The maximum Gasteiger partial charge on any atom is 0.308 e. The Morgan fingerprint density at radius 3 is 2.26 bits per heavy atom. The lowest BCUT2D eigenvalue weighted by atomic mass is 9.87. The average Bonchev–Trinajstić information content (AvgIpc) is 2.74. The second kappa shape index (κ2) is 5.76. The zero-order valence-electron chi connectivity index (χ0n) is 14.8. The van der Waals surface area contributed by atoms with Gasteiger partial charge in [-0.3, -0.25) is 14.0 Å². The van der Waals surface area contributed by atoms with E-state index in [4.69, 9.17) is 9.47 Å². The van der Waals surface area contributed by atoms with Crippen LogP contribution < -0.4 is 15.0 Å². The highest BCUT2D eigenvalue weighted by molar-refractivity contribution is 5.76. The van der Waals surface area contributed by atoms with Crippen LogP contribution >= 0.6 is 0 Å². The third kappa shape index (κ3) is 3.11. The van der Waals surface area contributed by atoms with E-state index in [1.54, 1.807) is 24.0 Å². The first-order chi connectivity index (χ1) is 10.5. The highest BCUT2D eigenvalue weighted by atomic mass is 16.6. The molecule has 0 bridgehead atoms. The Labute approximate surface area is 135 Å². The van der Waals surface area contributed by atoms with Crippen molar-refractivity contribution >= 4 is 11.6 Å². The van der Waals surface area contributed by atoms with Crippen LogP contribution in [0.4, 0.5) is 0 Å². The van der Waals surface area contributed by atoms with Gasteiger partial charge in [-0.15, -0.1) is 0 Å². The first-order valence-corrected chi connectivity index (χ1v) is 7.63. The monoisotopic (exact) mass is 320 g/mol. The number of hydrogen-bond donors (Lipinski definition) is 0. The molecule has 6 nitrogen and oxygen atoms in total. The lowest BCUT2D eigenvalue weighted by Crippen LogP contribution is -2.30. The van der Waals surface area contributed by atoms with Crippen molar-refractivity contribution in [3.8, 4) is 11.5 Å². The van der Waals surface area contributed by atoms with Crippen LogP contribution in [-0.4, -0.2) is 21.0 Å². The summed E-state index contributed by atoms with van der Waals surface area (Å²) in [6, 6.07) is 0. The van der Waals surface area contributed by atoms with Gasteiger partial charge in [-0.25, -0.2) is 0 Å². The van der Waals surface area contributed by atoms with Crippen molar-refractivity contribution in [1.29, 1.82) is 0 Å². The van der Waals surface area contributed by atoms with Crippen molar-refractivity contribution in [3.05, 3.63) is 28.3 Å². The van der Waals surface area contributed by atoms with Crippen LogP contribution in [0.5, 0.6) is 11.5 Å². The minimum atomic E-state index is -0.465. The number of carbonyl (C=O) groups is 1. The third-order valence-corrected chi connectivity index (χ3v) is 3.42. The average molecular weight is 320 g/mol. The number of aromatic nitrogens is 2. The lowest BCUT2D eigenvalue weighted by molar-refractivity contribution is -0.132. The molecule has 0 amide bonds. The SMILES string of the molecule is CC(=O)Oc1c(OC(C)C)c(C(C)(C)C)c(=O)n2ccn(C)c12. The van der Waals surface area contributed by atoms with Crippen LogP contribution in [0, 0.1) is 0 Å². The standard InChI is InChI=1S/C17H24N2O4/c1-10(2)22-13-12(17(4,5)6)16(21)19-9-8-18(7)15(19)14(13)23-11(3)20/h8-10H,1-7H3. The molecular weight excluding hydrogens is 296 g/mol. The molecule has 0 radical (unpaired) electrons. The summed E-state index contributed by atoms with van der Waals surface area (Å²) in [5.74, 6) is 0.165. The van der Waals surface area contributed by atoms with Gasteiger partial charge in [-0.05, 0) is 19.3 Å². The molecule has 0 aliphatic heterocycles. The Balaban J connectivity index is 3.00. The van der Waals surface area contributed by atoms with E-state index in [1.165, 1.54) is 11.3 Å². The number of rotatable bonds is 3. The van der Waals surface area contributed by atoms with Gasteiger partial charge < -0.3 is 14.0 Å². The Morgan fingerprint density at radius 2 is 1.78 bits per heavy atom. The number of nitrogens with zero attached hydrogens (tertiary/aromatic N) is 2. The molecule has 0 aliphatic rings. The quantitative estimate of drug-likeness (QED) is 0.816. The Bertz CT molecular complexity index is 807. The Hall–Kier alpha value is -2.24. The topological polar surface area (TPSA) is 61.9 Å². The summed E-state index contributed by atoms with van der Waals surface area (Å²) in [4.78, 5) is 24.6. The summed E-state index contributed by atoms with van der Waals surface area (Å²) >= 11 is 0. The van der Waals surface area contributed by atoms with Crippen LogP contribution in [0.15, 0.2) is 17.2 Å². The van der Waals surface area contributed by atoms with Gasteiger partial charge in [0, 0.05) is 26.4 Å². The molecule has 0 spiro atoms. The molecule has 0 saturated heterocycles. The predicted molar refractivity (Wildman–Crippen MR) is 88.4 cm³/mol. The van der Waals surface area contributed by atoms with E-state index in [9.17, 15) is 9.59 Å². The molecule has 2 heterocycles. The molecule has 0 aromatic carbocycles. The van der Waals surface area contributed by atoms with Crippen molar-refractivity contribution < 1.29 is 14.3 Å². The van der Waals surface area contributed by atoms with Gasteiger partial charge in [0.15, 0.2) is 11.4 Å². The minimum absolute atomic E-state index is 0.160. The number of esters is 1. The molecule has 2 rings (SSSR count). The number of ether oxygens (including phenoxy) is 2. The second-order valence-electron chi connectivity index (χ2n) is 6.95. The predicted octanol–water partition coefficient (Wildman–Crippen LogP) is 2.65. The molecule has 23 heavy (non-hydrogen) atoms. The highest BCUT2D eigenvalue weighted by Crippen LogP contribution is 2.39. The van der Waals surface area contributed by atoms with E-state index in [0.29, 0.717) is 17.0 Å². The number of carbonyl (C=O) groups excluding carboxylic acids is 1. The van der Waals surface area contributed by atoms with Crippen molar-refractivity contribution in [1.82, 2.24) is 8.97 Å².